The number of benzene rings is 3. The third-order valence-electron chi connectivity index (χ3n) is 13.9. The molecule has 3 aromatic rings. The second kappa shape index (κ2) is 27.8. The van der Waals surface area contributed by atoms with Crippen LogP contribution in [0.1, 0.15) is 90.3 Å². The molecular formula is C55H72N8O14. The van der Waals surface area contributed by atoms with Crippen LogP contribution in [-0.2, 0) is 71.9 Å². The molecule has 2 saturated heterocycles. The molecule has 2 bridgehead atoms. The summed E-state index contributed by atoms with van der Waals surface area (Å²) in [5, 5.41) is 47.1. The number of rotatable bonds is 17. The van der Waals surface area contributed by atoms with Gasteiger partial charge < -0.3 is 61.8 Å². The summed E-state index contributed by atoms with van der Waals surface area (Å²) in [5.41, 5.74) is 1.73. The first kappa shape index (κ1) is 60.0. The van der Waals surface area contributed by atoms with Gasteiger partial charge >= 0.3 is 11.9 Å². The van der Waals surface area contributed by atoms with Crippen LogP contribution in [0.15, 0.2) is 84.9 Å². The van der Waals surface area contributed by atoms with Crippen LogP contribution in [0.5, 0.6) is 5.75 Å². The van der Waals surface area contributed by atoms with E-state index in [2.05, 4.69) is 31.9 Å². The normalized spacial score (nSPS) is 24.1. The molecule has 9 N–H and O–H groups in total. The van der Waals surface area contributed by atoms with Crippen molar-refractivity contribution in [3.05, 3.63) is 102 Å². The number of esters is 1. The van der Waals surface area contributed by atoms with Crippen molar-refractivity contribution in [2.45, 2.75) is 154 Å². The Bertz CT molecular complexity index is 2580. The number of hydrogen-bond acceptors (Lipinski definition) is 13. The van der Waals surface area contributed by atoms with E-state index in [1.807, 2.05) is 0 Å². The van der Waals surface area contributed by atoms with Gasteiger partial charge in [0.1, 0.15) is 66.4 Å². The topological polar surface area (TPSA) is 319 Å². The summed E-state index contributed by atoms with van der Waals surface area (Å²) in [6.07, 6.45) is -4.38. The Balaban J connectivity index is 1.54. The van der Waals surface area contributed by atoms with Crippen molar-refractivity contribution in [3.63, 3.8) is 0 Å². The van der Waals surface area contributed by atoms with Crippen LogP contribution in [-0.4, -0.2) is 152 Å². The van der Waals surface area contributed by atoms with E-state index in [9.17, 15) is 63.3 Å². The number of carbonyl (C=O) groups is 10. The van der Waals surface area contributed by atoms with E-state index in [-0.39, 0.29) is 37.9 Å². The molecule has 0 radical (unpaired) electrons. The molecule has 2 heterocycles. The lowest BCUT2D eigenvalue weighted by Gasteiger charge is -2.44. The fourth-order valence-electron chi connectivity index (χ4n) is 9.30. The van der Waals surface area contributed by atoms with Gasteiger partial charge in [-0.15, -0.1) is 0 Å². The zero-order valence-corrected chi connectivity index (χ0v) is 44.4. The third kappa shape index (κ3) is 16.6. The number of cyclic esters (lactones) is 1. The molecule has 77 heavy (non-hydrogen) atoms. The van der Waals surface area contributed by atoms with Gasteiger partial charge in [0.25, 0.3) is 0 Å². The fourth-order valence-corrected chi connectivity index (χ4v) is 9.30. The van der Waals surface area contributed by atoms with E-state index in [0.29, 0.717) is 23.1 Å². The minimum atomic E-state index is -1.83. The number of likely N-dealkylation sites (N-methyl/N-ethyl adjacent to an activating group) is 1. The molecule has 1 unspecified atom stereocenters. The third-order valence-corrected chi connectivity index (χ3v) is 13.9. The molecule has 2 aliphatic rings. The zero-order valence-electron chi connectivity index (χ0n) is 44.4. The average Bonchev–Trinajstić information content (AvgIpc) is 3.38. The number of nitrogens with one attached hydrogen (secondary N) is 6. The van der Waals surface area contributed by atoms with Crippen molar-refractivity contribution in [3.8, 4) is 5.75 Å². The number of ether oxygens (including phenoxy) is 1. The predicted molar refractivity (Wildman–Crippen MR) is 279 cm³/mol. The number of carbonyl (C=O) groups excluding carboxylic acids is 9. The van der Waals surface area contributed by atoms with Crippen LogP contribution in [0.3, 0.4) is 0 Å². The van der Waals surface area contributed by atoms with E-state index in [1.54, 1.807) is 88.4 Å². The SMILES string of the molecule is CCC(C)[C@@H]1NC(=O)[C@H](Cc2ccccc2)N(C)C(=O)[C@H](C(C)C)N2C(=O)[C@H](CC[C@H]2O)NC(=O)[C@H](Cc2ccc(O)cc2)NC(=O)[C@H](NC(=O)CC[C@H](NC(=O)[C@H](Cc2ccccc2)NC(C)=O)C(=O)O)[C@@H](C)OC1=O. The smallest absolute Gasteiger partial charge is 0.329 e. The summed E-state index contributed by atoms with van der Waals surface area (Å²) in [6, 6.07) is 11.4. The molecular weight excluding hydrogens is 997 g/mol. The number of phenolic OH excluding ortho intramolecular Hbond substituents is 1. The summed E-state index contributed by atoms with van der Waals surface area (Å²) in [4.78, 5) is 142. The molecule has 3 aromatic carbocycles. The number of aliphatic hydroxyl groups excluding tert-OH is 1. The van der Waals surface area contributed by atoms with Crippen molar-refractivity contribution >= 4 is 59.2 Å². The number of piperidine rings is 1. The summed E-state index contributed by atoms with van der Waals surface area (Å²) in [5.74, 6) is -10.6. The van der Waals surface area contributed by atoms with Gasteiger partial charge in [-0.05, 0) is 66.8 Å². The summed E-state index contributed by atoms with van der Waals surface area (Å²) >= 11 is 0. The summed E-state index contributed by atoms with van der Waals surface area (Å²) in [6.45, 7) is 9.22. The van der Waals surface area contributed by atoms with E-state index in [0.717, 1.165) is 4.90 Å². The highest BCUT2D eigenvalue weighted by atomic mass is 16.5. The van der Waals surface area contributed by atoms with Gasteiger partial charge in [0.05, 0.1) is 0 Å². The predicted octanol–water partition coefficient (Wildman–Crippen LogP) is 0.997. The Labute approximate surface area is 447 Å². The number of amides is 8. The van der Waals surface area contributed by atoms with Gasteiger partial charge in [-0.25, -0.2) is 9.59 Å². The van der Waals surface area contributed by atoms with E-state index in [4.69, 9.17) is 4.74 Å². The van der Waals surface area contributed by atoms with Crippen molar-refractivity contribution in [2.24, 2.45) is 11.8 Å². The Morgan fingerprint density at radius 1 is 0.753 bits per heavy atom. The first-order chi connectivity index (χ1) is 36.5. The standard InChI is InChI=1S/C55H72N8O14/c1-8-31(4)45-55(76)77-32(5)46(60-43(66)25-23-39(54(74)75)58-48(68)40(56-33(6)64)27-34-15-11-9-12-16-34)51(71)59-41(28-36-19-21-37(65)22-20-36)49(69)57-38-24-26-44(67)63(52(38)72)47(30(2)3)53(73)62(7)42(50(70)61-45)29-35-17-13-10-14-18-35/h9-22,30-32,38-42,44-47,65,67H,8,23-29H2,1-7H3,(H,56,64)(H,57,69)(H,58,68)(H,59,71)(H,60,66)(H,61,70)(H,74,75)/t31?,32-,38+,39+,40+,41+,42+,44-,45+,46-,47+/m1/s1. The van der Waals surface area contributed by atoms with E-state index < -0.39 is 145 Å². The quantitative estimate of drug-likeness (QED) is 0.0853. The van der Waals surface area contributed by atoms with Crippen molar-refractivity contribution in [1.82, 2.24) is 41.7 Å². The molecule has 0 spiro atoms. The molecule has 22 nitrogen and oxygen atoms in total. The lowest BCUT2D eigenvalue weighted by Crippen LogP contribution is -2.66. The van der Waals surface area contributed by atoms with Crippen LogP contribution in [0, 0.1) is 11.8 Å². The number of carboxylic acids is 1. The molecule has 5 rings (SSSR count). The van der Waals surface area contributed by atoms with Crippen LogP contribution >= 0.6 is 0 Å². The van der Waals surface area contributed by atoms with Crippen LogP contribution in [0.25, 0.3) is 0 Å². The molecule has 416 valence electrons. The Morgan fingerprint density at radius 2 is 1.36 bits per heavy atom. The van der Waals surface area contributed by atoms with E-state index >= 15 is 0 Å². The maximum Gasteiger partial charge on any atom is 0.329 e. The summed E-state index contributed by atoms with van der Waals surface area (Å²) < 4.78 is 5.93. The second-order valence-corrected chi connectivity index (χ2v) is 20.1. The largest absolute Gasteiger partial charge is 0.508 e. The van der Waals surface area contributed by atoms with Crippen LogP contribution in [0.4, 0.5) is 0 Å². The average molecular weight is 1070 g/mol. The highest BCUT2D eigenvalue weighted by Gasteiger charge is 2.47. The number of phenols is 1. The monoisotopic (exact) mass is 1070 g/mol. The lowest BCUT2D eigenvalue weighted by molar-refractivity contribution is -0.167. The molecule has 2 aliphatic heterocycles. The molecule has 11 atom stereocenters. The van der Waals surface area contributed by atoms with Crippen molar-refractivity contribution in [1.29, 1.82) is 0 Å². The van der Waals surface area contributed by atoms with Crippen LogP contribution < -0.4 is 31.9 Å². The van der Waals surface area contributed by atoms with Crippen molar-refractivity contribution in [2.75, 3.05) is 7.05 Å². The number of carboxylic acid groups (broad SMARTS) is 1. The number of aliphatic hydroxyl groups is 1. The molecule has 8 amide bonds. The van der Waals surface area contributed by atoms with Gasteiger partial charge in [0.15, 0.2) is 0 Å². The first-order valence-corrected chi connectivity index (χ1v) is 25.8. The number of fused-ring (bicyclic) bond motifs is 2. The minimum absolute atomic E-state index is 0.0158. The Kier molecular flexibility index (Phi) is 21.6. The zero-order chi connectivity index (χ0) is 56.7. The van der Waals surface area contributed by atoms with Gasteiger partial charge in [-0.3, -0.25) is 38.4 Å². The second-order valence-electron chi connectivity index (χ2n) is 20.1. The lowest BCUT2D eigenvalue weighted by atomic mass is 9.93. The Hall–Kier alpha value is -7.88. The molecule has 0 saturated carbocycles. The highest BCUT2D eigenvalue weighted by molar-refractivity contribution is 5.98. The van der Waals surface area contributed by atoms with E-state index in [1.165, 1.54) is 50.1 Å². The Morgan fingerprint density at radius 3 is 1.95 bits per heavy atom. The molecule has 0 aromatic heterocycles. The summed E-state index contributed by atoms with van der Waals surface area (Å²) in [7, 11) is 1.38. The number of nitrogens with zero attached hydrogens (tertiary/aromatic N) is 2. The number of aliphatic carboxylic acids is 1. The fraction of sp³-hybridized carbons (Fsp3) is 0.491. The minimum Gasteiger partial charge on any atom is -0.508 e. The highest BCUT2D eigenvalue weighted by Crippen LogP contribution is 2.27. The van der Waals surface area contributed by atoms with Gasteiger partial charge in [-0.2, -0.15) is 0 Å². The maximum atomic E-state index is 14.8. The molecule has 0 aliphatic carbocycles. The van der Waals surface area contributed by atoms with Gasteiger partial charge in [-0.1, -0.05) is 107 Å². The van der Waals surface area contributed by atoms with Gasteiger partial charge in [0.2, 0.25) is 47.3 Å². The number of aromatic hydroxyl groups is 1. The molecule has 22 heteroatoms. The van der Waals surface area contributed by atoms with Crippen molar-refractivity contribution < 1.29 is 68.0 Å². The maximum absolute atomic E-state index is 14.8. The first-order valence-electron chi connectivity index (χ1n) is 25.8. The van der Waals surface area contributed by atoms with Crippen LogP contribution in [0.2, 0.25) is 0 Å². The number of hydrogen-bond donors (Lipinski definition) is 9. The van der Waals surface area contributed by atoms with Gasteiger partial charge in [0, 0.05) is 39.7 Å². The molecule has 2 fully saturated rings.